The minimum Gasteiger partial charge on any atom is -0.320 e. The molecule has 0 aliphatic rings. The number of carbonyl (C=O) groups is 1. The van der Waals surface area contributed by atoms with E-state index in [0.29, 0.717) is 12.8 Å². The van der Waals surface area contributed by atoms with Crippen molar-refractivity contribution in [2.75, 3.05) is 13.6 Å². The molecule has 0 aliphatic heterocycles. The standard InChI is InChI=1S/C10H13FN2O/c1-12-5-2-3-10(14)8-7-13-6-4-9(8)11/h4,6-7,12H,2-3,5H2,1H3. The molecule has 1 N–H and O–H groups in total. The van der Waals surface area contributed by atoms with Crippen LogP contribution < -0.4 is 5.32 Å². The van der Waals surface area contributed by atoms with Gasteiger partial charge in [-0.15, -0.1) is 0 Å². The predicted molar refractivity (Wildman–Crippen MR) is 51.7 cm³/mol. The van der Waals surface area contributed by atoms with E-state index in [4.69, 9.17) is 0 Å². The zero-order valence-electron chi connectivity index (χ0n) is 8.09. The molecule has 0 bridgehead atoms. The van der Waals surface area contributed by atoms with Gasteiger partial charge in [0.05, 0.1) is 5.56 Å². The Kier molecular flexibility index (Phi) is 4.19. The van der Waals surface area contributed by atoms with Gasteiger partial charge >= 0.3 is 0 Å². The Morgan fingerprint density at radius 3 is 3.07 bits per heavy atom. The Balaban J connectivity index is 2.56. The number of ketones is 1. The van der Waals surface area contributed by atoms with E-state index in [1.54, 1.807) is 0 Å². The molecular weight excluding hydrogens is 183 g/mol. The van der Waals surface area contributed by atoms with E-state index >= 15 is 0 Å². The highest BCUT2D eigenvalue weighted by Gasteiger charge is 2.10. The largest absolute Gasteiger partial charge is 0.320 e. The molecule has 0 radical (unpaired) electrons. The quantitative estimate of drug-likeness (QED) is 0.571. The van der Waals surface area contributed by atoms with E-state index in [1.807, 2.05) is 7.05 Å². The van der Waals surface area contributed by atoms with Gasteiger partial charge in [0.1, 0.15) is 5.82 Å². The van der Waals surface area contributed by atoms with Crippen molar-refractivity contribution in [3.8, 4) is 0 Å². The number of nitrogens with one attached hydrogen (secondary N) is 1. The number of halogens is 1. The van der Waals surface area contributed by atoms with Gasteiger partial charge in [0.25, 0.3) is 0 Å². The highest BCUT2D eigenvalue weighted by Crippen LogP contribution is 2.08. The summed E-state index contributed by atoms with van der Waals surface area (Å²) in [5.74, 6) is -0.680. The molecule has 0 atom stereocenters. The average Bonchev–Trinajstić information content (AvgIpc) is 2.18. The molecule has 0 saturated carbocycles. The molecule has 76 valence electrons. The summed E-state index contributed by atoms with van der Waals surface area (Å²) in [5, 5.41) is 2.93. The van der Waals surface area contributed by atoms with Gasteiger partial charge in [0, 0.05) is 18.8 Å². The van der Waals surface area contributed by atoms with Gasteiger partial charge in [-0.3, -0.25) is 9.78 Å². The lowest BCUT2D eigenvalue weighted by Gasteiger charge is -2.01. The molecular formula is C10H13FN2O. The normalized spacial score (nSPS) is 10.1. The van der Waals surface area contributed by atoms with E-state index in [9.17, 15) is 9.18 Å². The highest BCUT2D eigenvalue weighted by atomic mass is 19.1. The van der Waals surface area contributed by atoms with Crippen molar-refractivity contribution in [1.29, 1.82) is 0 Å². The zero-order valence-corrected chi connectivity index (χ0v) is 8.09. The summed E-state index contributed by atoms with van der Waals surface area (Å²) in [5.41, 5.74) is 0.0867. The van der Waals surface area contributed by atoms with Crippen molar-refractivity contribution >= 4 is 5.78 Å². The second-order valence-corrected chi connectivity index (χ2v) is 2.99. The molecule has 4 heteroatoms. The molecule has 0 aromatic carbocycles. The highest BCUT2D eigenvalue weighted by molar-refractivity contribution is 5.95. The lowest BCUT2D eigenvalue weighted by molar-refractivity contribution is 0.0976. The molecule has 1 aromatic heterocycles. The Bertz CT molecular complexity index is 315. The SMILES string of the molecule is CNCCCC(=O)c1cnccc1F. The summed E-state index contributed by atoms with van der Waals surface area (Å²) in [6.45, 7) is 0.758. The maximum atomic E-state index is 13.1. The number of nitrogens with zero attached hydrogens (tertiary/aromatic N) is 1. The van der Waals surface area contributed by atoms with Gasteiger partial charge in [0.2, 0.25) is 0 Å². The number of aromatic nitrogens is 1. The number of hydrogen-bond acceptors (Lipinski definition) is 3. The van der Waals surface area contributed by atoms with Gasteiger partial charge in [-0.1, -0.05) is 0 Å². The minimum atomic E-state index is -0.491. The first-order chi connectivity index (χ1) is 6.75. The predicted octanol–water partition coefficient (Wildman–Crippen LogP) is 1.40. The number of hydrogen-bond donors (Lipinski definition) is 1. The first kappa shape index (κ1) is 10.8. The summed E-state index contributed by atoms with van der Waals surface area (Å²) < 4.78 is 13.1. The lowest BCUT2D eigenvalue weighted by Crippen LogP contribution is -2.10. The maximum absolute atomic E-state index is 13.1. The number of Topliss-reactive ketones (excluding diaryl/α,β-unsaturated/α-hetero) is 1. The van der Waals surface area contributed by atoms with Crippen LogP contribution in [0, 0.1) is 5.82 Å². The molecule has 0 aliphatic carbocycles. The Hall–Kier alpha value is -1.29. The Labute approximate surface area is 82.4 Å². The van der Waals surface area contributed by atoms with Gasteiger partial charge in [0.15, 0.2) is 5.78 Å². The fourth-order valence-corrected chi connectivity index (χ4v) is 1.14. The topological polar surface area (TPSA) is 42.0 Å². The molecule has 0 fully saturated rings. The minimum absolute atomic E-state index is 0.0867. The smallest absolute Gasteiger partial charge is 0.167 e. The first-order valence-corrected chi connectivity index (χ1v) is 4.53. The van der Waals surface area contributed by atoms with Crippen molar-refractivity contribution in [3.63, 3.8) is 0 Å². The average molecular weight is 196 g/mol. The van der Waals surface area contributed by atoms with Crippen LogP contribution in [0.2, 0.25) is 0 Å². The molecule has 0 spiro atoms. The summed E-state index contributed by atoms with van der Waals surface area (Å²) in [4.78, 5) is 15.2. The molecule has 0 saturated heterocycles. The third-order valence-corrected chi connectivity index (χ3v) is 1.90. The van der Waals surface area contributed by atoms with Crippen molar-refractivity contribution < 1.29 is 9.18 Å². The second-order valence-electron chi connectivity index (χ2n) is 2.99. The van der Waals surface area contributed by atoms with E-state index < -0.39 is 5.82 Å². The third kappa shape index (κ3) is 2.88. The second kappa shape index (κ2) is 5.44. The molecule has 3 nitrogen and oxygen atoms in total. The van der Waals surface area contributed by atoms with E-state index in [1.165, 1.54) is 18.5 Å². The van der Waals surface area contributed by atoms with Crippen LogP contribution in [0.5, 0.6) is 0 Å². The summed E-state index contributed by atoms with van der Waals surface area (Å²) in [6, 6.07) is 1.20. The fourth-order valence-electron chi connectivity index (χ4n) is 1.14. The van der Waals surface area contributed by atoms with Crippen LogP contribution in [0.25, 0.3) is 0 Å². The number of carbonyl (C=O) groups excluding carboxylic acids is 1. The van der Waals surface area contributed by atoms with Crippen LogP contribution in [0.4, 0.5) is 4.39 Å². The first-order valence-electron chi connectivity index (χ1n) is 4.53. The van der Waals surface area contributed by atoms with Crippen LogP contribution in [0.15, 0.2) is 18.5 Å². The van der Waals surface area contributed by atoms with Crippen LogP contribution in [0.3, 0.4) is 0 Å². The lowest BCUT2D eigenvalue weighted by atomic mass is 10.1. The van der Waals surface area contributed by atoms with E-state index in [2.05, 4.69) is 10.3 Å². The van der Waals surface area contributed by atoms with Gasteiger partial charge in [-0.2, -0.15) is 0 Å². The molecule has 0 unspecified atom stereocenters. The molecule has 1 rings (SSSR count). The van der Waals surface area contributed by atoms with Crippen LogP contribution >= 0.6 is 0 Å². The van der Waals surface area contributed by atoms with Crippen molar-refractivity contribution in [2.45, 2.75) is 12.8 Å². The molecule has 0 amide bonds. The fraction of sp³-hybridized carbons (Fsp3) is 0.400. The van der Waals surface area contributed by atoms with Crippen molar-refractivity contribution in [2.24, 2.45) is 0 Å². The van der Waals surface area contributed by atoms with Crippen molar-refractivity contribution in [1.82, 2.24) is 10.3 Å². The zero-order chi connectivity index (χ0) is 10.4. The Morgan fingerprint density at radius 1 is 1.64 bits per heavy atom. The van der Waals surface area contributed by atoms with Crippen molar-refractivity contribution in [3.05, 3.63) is 29.8 Å². The molecule has 1 heterocycles. The molecule has 14 heavy (non-hydrogen) atoms. The Morgan fingerprint density at radius 2 is 2.43 bits per heavy atom. The number of pyridine rings is 1. The number of rotatable bonds is 5. The van der Waals surface area contributed by atoms with Gasteiger partial charge in [-0.25, -0.2) is 4.39 Å². The maximum Gasteiger partial charge on any atom is 0.167 e. The van der Waals surface area contributed by atoms with Crippen LogP contribution in [0.1, 0.15) is 23.2 Å². The van der Waals surface area contributed by atoms with Crippen LogP contribution in [-0.2, 0) is 0 Å². The summed E-state index contributed by atoms with van der Waals surface area (Å²) in [7, 11) is 1.81. The summed E-state index contributed by atoms with van der Waals surface area (Å²) in [6.07, 6.45) is 3.67. The monoisotopic (exact) mass is 196 g/mol. The van der Waals surface area contributed by atoms with Gasteiger partial charge in [-0.05, 0) is 26.1 Å². The van der Waals surface area contributed by atoms with E-state index in [0.717, 1.165) is 6.54 Å². The van der Waals surface area contributed by atoms with Gasteiger partial charge < -0.3 is 5.32 Å². The summed E-state index contributed by atoms with van der Waals surface area (Å²) >= 11 is 0. The molecule has 1 aromatic rings. The van der Waals surface area contributed by atoms with E-state index in [-0.39, 0.29) is 11.3 Å². The third-order valence-electron chi connectivity index (χ3n) is 1.90. The van der Waals surface area contributed by atoms with Crippen LogP contribution in [-0.4, -0.2) is 24.4 Å².